The van der Waals surface area contributed by atoms with Gasteiger partial charge in [0.2, 0.25) is 10.0 Å². The third-order valence-electron chi connectivity index (χ3n) is 2.90. The van der Waals surface area contributed by atoms with Crippen LogP contribution < -0.4 is 5.14 Å². The molecule has 0 heterocycles. The average molecular weight is 327 g/mol. The molecule has 0 aliphatic carbocycles. The molecule has 112 valence electrons. The van der Waals surface area contributed by atoms with Crippen molar-refractivity contribution in [2.24, 2.45) is 5.14 Å². The van der Waals surface area contributed by atoms with Crippen LogP contribution in [-0.2, 0) is 26.6 Å². The zero-order valence-corrected chi connectivity index (χ0v) is 12.4. The van der Waals surface area contributed by atoms with Gasteiger partial charge in [-0.25, -0.2) is 13.6 Å². The normalized spacial score (nSPS) is 12.3. The Kier molecular flexibility index (Phi) is 4.15. The van der Waals surface area contributed by atoms with Crippen LogP contribution in [0.25, 0.3) is 0 Å². The summed E-state index contributed by atoms with van der Waals surface area (Å²) >= 11 is 0. The second-order valence-electron chi connectivity index (χ2n) is 4.42. The zero-order valence-electron chi connectivity index (χ0n) is 10.8. The maximum absolute atomic E-state index is 11.6. The van der Waals surface area contributed by atoms with Gasteiger partial charge in [0.1, 0.15) is 0 Å². The number of hydrogen-bond acceptors (Lipinski definition) is 4. The third-order valence-corrected chi connectivity index (χ3v) is 4.83. The molecule has 0 atom stereocenters. The van der Waals surface area contributed by atoms with Crippen LogP contribution in [0.1, 0.15) is 11.1 Å². The Morgan fingerprint density at radius 3 is 1.95 bits per heavy atom. The maximum Gasteiger partial charge on any atom is 0.294 e. The van der Waals surface area contributed by atoms with E-state index in [1.807, 2.05) is 0 Å². The molecule has 0 radical (unpaired) electrons. The van der Waals surface area contributed by atoms with Gasteiger partial charge in [-0.15, -0.1) is 0 Å². The van der Waals surface area contributed by atoms with Crippen molar-refractivity contribution in [3.8, 4) is 0 Å². The summed E-state index contributed by atoms with van der Waals surface area (Å²) in [5.41, 5.74) is 0.646. The number of hydrogen-bond donors (Lipinski definition) is 2. The first-order valence-corrected chi connectivity index (χ1v) is 8.84. The minimum Gasteiger partial charge on any atom is -0.282 e. The van der Waals surface area contributed by atoms with Crippen LogP contribution in [0.4, 0.5) is 0 Å². The van der Waals surface area contributed by atoms with E-state index < -0.39 is 25.0 Å². The predicted octanol–water partition coefficient (Wildman–Crippen LogP) is 1.17. The fourth-order valence-electron chi connectivity index (χ4n) is 2.03. The van der Waals surface area contributed by atoms with Gasteiger partial charge in [0, 0.05) is 6.42 Å². The van der Waals surface area contributed by atoms with E-state index in [1.54, 1.807) is 30.3 Å². The molecular formula is C13H13NO5S2. The minimum absolute atomic E-state index is 0.0164. The van der Waals surface area contributed by atoms with E-state index >= 15 is 0 Å². The fourth-order valence-corrected chi connectivity index (χ4v) is 3.63. The summed E-state index contributed by atoms with van der Waals surface area (Å²) in [6.07, 6.45) is 0.0164. The highest BCUT2D eigenvalue weighted by Gasteiger charge is 2.23. The summed E-state index contributed by atoms with van der Waals surface area (Å²) in [6, 6.07) is 12.3. The van der Waals surface area contributed by atoms with Gasteiger partial charge in [0.15, 0.2) is 0 Å². The number of nitrogens with two attached hydrogens (primary N) is 1. The maximum atomic E-state index is 11.6. The summed E-state index contributed by atoms with van der Waals surface area (Å²) in [5, 5.41) is 5.12. The van der Waals surface area contributed by atoms with Crippen molar-refractivity contribution < 1.29 is 21.4 Å². The average Bonchev–Trinajstić information content (AvgIpc) is 2.37. The van der Waals surface area contributed by atoms with E-state index in [-0.39, 0.29) is 16.9 Å². The largest absolute Gasteiger partial charge is 0.294 e. The Balaban J connectivity index is 2.71. The molecule has 8 heteroatoms. The van der Waals surface area contributed by atoms with E-state index in [1.165, 1.54) is 12.1 Å². The fraction of sp³-hybridized carbons (Fsp3) is 0.0769. The van der Waals surface area contributed by atoms with Crippen LogP contribution in [0.3, 0.4) is 0 Å². The van der Waals surface area contributed by atoms with Gasteiger partial charge in [-0.1, -0.05) is 36.4 Å². The van der Waals surface area contributed by atoms with E-state index in [4.69, 9.17) is 5.14 Å². The Labute approximate surface area is 123 Å². The summed E-state index contributed by atoms with van der Waals surface area (Å²) in [4.78, 5) is -0.778. The second-order valence-corrected chi connectivity index (χ2v) is 7.34. The van der Waals surface area contributed by atoms with E-state index in [2.05, 4.69) is 0 Å². The lowest BCUT2D eigenvalue weighted by atomic mass is 10.1. The van der Waals surface area contributed by atoms with Crippen molar-refractivity contribution in [3.05, 3.63) is 59.7 Å². The van der Waals surface area contributed by atoms with Gasteiger partial charge in [-0.05, 0) is 23.3 Å². The van der Waals surface area contributed by atoms with Crippen LogP contribution in [-0.4, -0.2) is 21.4 Å². The lowest BCUT2D eigenvalue weighted by Crippen LogP contribution is -2.17. The highest BCUT2D eigenvalue weighted by atomic mass is 32.2. The van der Waals surface area contributed by atoms with Crippen LogP contribution >= 0.6 is 0 Å². The summed E-state index contributed by atoms with van der Waals surface area (Å²) in [6.45, 7) is 0. The first-order valence-electron chi connectivity index (χ1n) is 5.85. The van der Waals surface area contributed by atoms with Crippen molar-refractivity contribution >= 4 is 20.1 Å². The molecule has 0 amide bonds. The van der Waals surface area contributed by atoms with Crippen LogP contribution in [0.15, 0.2) is 58.3 Å². The summed E-state index contributed by atoms with van der Waals surface area (Å²) < 4.78 is 55.4. The molecule has 3 N–H and O–H groups in total. The molecule has 0 bridgehead atoms. The van der Waals surface area contributed by atoms with Crippen molar-refractivity contribution in [1.82, 2.24) is 0 Å². The lowest BCUT2D eigenvalue weighted by molar-refractivity contribution is 0.482. The smallest absolute Gasteiger partial charge is 0.282 e. The van der Waals surface area contributed by atoms with Crippen molar-refractivity contribution in [1.29, 1.82) is 0 Å². The highest BCUT2D eigenvalue weighted by Crippen LogP contribution is 2.25. The first kappa shape index (κ1) is 15.6. The SMILES string of the molecule is NS(=O)(=O)c1cccc(S(=O)(=O)O)c1Cc1ccccc1. The molecule has 0 aromatic heterocycles. The molecular weight excluding hydrogens is 314 g/mol. The minimum atomic E-state index is -4.56. The van der Waals surface area contributed by atoms with E-state index in [0.717, 1.165) is 6.07 Å². The zero-order chi connectivity index (χ0) is 15.7. The predicted molar refractivity (Wildman–Crippen MR) is 76.9 cm³/mol. The molecule has 0 aliphatic rings. The van der Waals surface area contributed by atoms with Gasteiger partial charge in [-0.3, -0.25) is 4.55 Å². The molecule has 0 saturated heterocycles. The number of primary sulfonamides is 1. The van der Waals surface area contributed by atoms with Crippen molar-refractivity contribution in [3.63, 3.8) is 0 Å². The Hall–Kier alpha value is -1.74. The third kappa shape index (κ3) is 3.67. The number of sulfonamides is 1. The first-order chi connectivity index (χ1) is 9.69. The summed E-state index contributed by atoms with van der Waals surface area (Å²) in [7, 11) is -8.67. The number of benzene rings is 2. The van der Waals surface area contributed by atoms with E-state index in [9.17, 15) is 21.4 Å². The molecule has 2 aromatic carbocycles. The Morgan fingerprint density at radius 1 is 0.857 bits per heavy atom. The van der Waals surface area contributed by atoms with Crippen LogP contribution in [0, 0.1) is 0 Å². The molecule has 21 heavy (non-hydrogen) atoms. The molecule has 2 aromatic rings. The highest BCUT2D eigenvalue weighted by molar-refractivity contribution is 7.89. The Bertz CT molecular complexity index is 808. The molecule has 0 unspecified atom stereocenters. The molecule has 6 nitrogen and oxygen atoms in total. The molecule has 0 fully saturated rings. The summed E-state index contributed by atoms with van der Waals surface area (Å²) in [5.74, 6) is 0. The lowest BCUT2D eigenvalue weighted by Gasteiger charge is -2.12. The van der Waals surface area contributed by atoms with Gasteiger partial charge in [0.25, 0.3) is 10.1 Å². The molecule has 0 aliphatic heterocycles. The van der Waals surface area contributed by atoms with Crippen molar-refractivity contribution in [2.75, 3.05) is 0 Å². The van der Waals surface area contributed by atoms with E-state index in [0.29, 0.717) is 5.56 Å². The quantitative estimate of drug-likeness (QED) is 0.818. The van der Waals surface area contributed by atoms with Crippen LogP contribution in [0.5, 0.6) is 0 Å². The number of rotatable bonds is 4. The molecule has 2 rings (SSSR count). The molecule has 0 saturated carbocycles. The second kappa shape index (κ2) is 5.57. The van der Waals surface area contributed by atoms with Gasteiger partial charge in [-0.2, -0.15) is 8.42 Å². The van der Waals surface area contributed by atoms with Gasteiger partial charge < -0.3 is 0 Å². The topological polar surface area (TPSA) is 115 Å². The Morgan fingerprint density at radius 2 is 1.43 bits per heavy atom. The van der Waals surface area contributed by atoms with Crippen LogP contribution in [0.2, 0.25) is 0 Å². The van der Waals surface area contributed by atoms with Crippen molar-refractivity contribution in [2.45, 2.75) is 16.2 Å². The standard InChI is InChI=1S/C13H13NO5S2/c14-20(15,16)12-7-4-8-13(21(17,18)19)11(12)9-10-5-2-1-3-6-10/h1-8H,9H2,(H2,14,15,16)(H,17,18,19). The van der Waals surface area contributed by atoms with Gasteiger partial charge >= 0.3 is 0 Å². The molecule has 0 spiro atoms. The monoisotopic (exact) mass is 327 g/mol. The van der Waals surface area contributed by atoms with Gasteiger partial charge in [0.05, 0.1) is 9.79 Å².